The van der Waals surface area contributed by atoms with Crippen LogP contribution in [0.25, 0.3) is 0 Å². The maximum absolute atomic E-state index is 9.28. The van der Waals surface area contributed by atoms with Crippen molar-refractivity contribution < 1.29 is 14.6 Å². The Labute approximate surface area is 58.9 Å². The highest BCUT2D eigenvalue weighted by Crippen LogP contribution is 2.32. The molecule has 58 valence electrons. The van der Waals surface area contributed by atoms with Crippen LogP contribution in [0.1, 0.15) is 6.42 Å². The summed E-state index contributed by atoms with van der Waals surface area (Å²) >= 11 is 0. The van der Waals surface area contributed by atoms with Gasteiger partial charge in [0.2, 0.25) is 0 Å². The number of aliphatic hydroxyl groups is 1. The second-order valence-electron chi connectivity index (χ2n) is 2.83. The zero-order valence-corrected chi connectivity index (χ0v) is 5.62. The van der Waals surface area contributed by atoms with Crippen LogP contribution in [0.4, 0.5) is 0 Å². The summed E-state index contributed by atoms with van der Waals surface area (Å²) in [5.74, 6) is 0. The monoisotopic (exact) mass is 145 g/mol. The average Bonchev–Trinajstić information content (AvgIpc) is 2.36. The molecular weight excluding hydrogens is 134 g/mol. The molecule has 1 unspecified atom stereocenters. The van der Waals surface area contributed by atoms with E-state index in [1.54, 1.807) is 0 Å². The Morgan fingerprint density at radius 2 is 2.40 bits per heavy atom. The molecular formula is C6H11NO3. The highest BCUT2D eigenvalue weighted by atomic mass is 16.6. The van der Waals surface area contributed by atoms with Gasteiger partial charge in [-0.05, 0) is 0 Å². The number of ether oxygens (including phenoxy) is 2. The molecule has 10 heavy (non-hydrogen) atoms. The maximum atomic E-state index is 9.28. The van der Waals surface area contributed by atoms with E-state index in [9.17, 15) is 5.11 Å². The molecule has 0 aromatic heterocycles. The van der Waals surface area contributed by atoms with E-state index in [0.29, 0.717) is 13.2 Å². The van der Waals surface area contributed by atoms with Crippen molar-refractivity contribution in [2.45, 2.75) is 24.4 Å². The zero-order chi connectivity index (χ0) is 7.19. The van der Waals surface area contributed by atoms with Crippen LogP contribution in [0.5, 0.6) is 0 Å². The summed E-state index contributed by atoms with van der Waals surface area (Å²) in [6, 6.07) is 0. The Kier molecular flexibility index (Phi) is 1.25. The van der Waals surface area contributed by atoms with Gasteiger partial charge in [-0.1, -0.05) is 0 Å². The molecule has 0 bridgehead atoms. The van der Waals surface area contributed by atoms with Gasteiger partial charge >= 0.3 is 0 Å². The molecule has 0 amide bonds. The molecule has 0 spiro atoms. The maximum Gasteiger partial charge on any atom is 0.171 e. The highest BCUT2D eigenvalue weighted by Gasteiger charge is 2.52. The second-order valence-corrected chi connectivity index (χ2v) is 2.83. The Hall–Kier alpha value is -0.160. The summed E-state index contributed by atoms with van der Waals surface area (Å²) in [5.41, 5.74) is 4.81. The molecule has 0 aromatic rings. The fraction of sp³-hybridized carbons (Fsp3) is 1.00. The second kappa shape index (κ2) is 1.92. The lowest BCUT2D eigenvalue weighted by Crippen LogP contribution is -2.53. The lowest BCUT2D eigenvalue weighted by atomic mass is 10.1. The number of fused-ring (bicyclic) bond motifs is 1. The number of rotatable bonds is 0. The first-order chi connectivity index (χ1) is 4.73. The summed E-state index contributed by atoms with van der Waals surface area (Å²) in [6.07, 6.45) is 0.0515. The SMILES string of the molecule is N[C@]12OCC[C@H]1OCC2O. The molecule has 2 aliphatic rings. The van der Waals surface area contributed by atoms with E-state index >= 15 is 0 Å². The zero-order valence-electron chi connectivity index (χ0n) is 5.62. The predicted octanol–water partition coefficient (Wildman–Crippen LogP) is -1.18. The first-order valence-electron chi connectivity index (χ1n) is 3.46. The third-order valence-corrected chi connectivity index (χ3v) is 2.21. The van der Waals surface area contributed by atoms with Crippen LogP contribution >= 0.6 is 0 Å². The normalized spacial score (nSPS) is 53.4. The Balaban J connectivity index is 2.21. The number of hydrogen-bond donors (Lipinski definition) is 2. The molecule has 2 fully saturated rings. The summed E-state index contributed by atoms with van der Waals surface area (Å²) in [5, 5.41) is 9.28. The molecule has 2 aliphatic heterocycles. The largest absolute Gasteiger partial charge is 0.386 e. The summed E-state index contributed by atoms with van der Waals surface area (Å²) in [7, 11) is 0. The number of hydrogen-bond acceptors (Lipinski definition) is 4. The van der Waals surface area contributed by atoms with E-state index in [2.05, 4.69) is 0 Å². The van der Waals surface area contributed by atoms with Crippen molar-refractivity contribution >= 4 is 0 Å². The lowest BCUT2D eigenvalue weighted by molar-refractivity contribution is -0.0714. The molecule has 0 aromatic carbocycles. The third-order valence-electron chi connectivity index (χ3n) is 2.21. The molecule has 2 rings (SSSR count). The van der Waals surface area contributed by atoms with Crippen molar-refractivity contribution in [3.8, 4) is 0 Å². The van der Waals surface area contributed by atoms with Gasteiger partial charge in [-0.3, -0.25) is 5.73 Å². The van der Waals surface area contributed by atoms with Gasteiger partial charge in [0, 0.05) is 6.42 Å². The van der Waals surface area contributed by atoms with Gasteiger partial charge in [0.1, 0.15) is 12.2 Å². The standard InChI is InChI=1S/C6H11NO3/c7-6-4(8)3-9-5(6)1-2-10-6/h4-5,8H,1-3,7H2/t4?,5-,6-/m1/s1. The fourth-order valence-corrected chi connectivity index (χ4v) is 1.52. The fourth-order valence-electron chi connectivity index (χ4n) is 1.52. The Morgan fingerprint density at radius 3 is 3.10 bits per heavy atom. The van der Waals surface area contributed by atoms with Gasteiger partial charge in [-0.25, -0.2) is 0 Å². The van der Waals surface area contributed by atoms with Crippen molar-refractivity contribution in [2.24, 2.45) is 5.73 Å². The molecule has 0 aliphatic carbocycles. The van der Waals surface area contributed by atoms with Crippen molar-refractivity contribution in [1.29, 1.82) is 0 Å². The van der Waals surface area contributed by atoms with Gasteiger partial charge in [0.05, 0.1) is 13.2 Å². The minimum atomic E-state index is -0.903. The summed E-state index contributed by atoms with van der Waals surface area (Å²) in [6.45, 7) is 0.902. The van der Waals surface area contributed by atoms with Crippen LogP contribution < -0.4 is 5.73 Å². The molecule has 3 N–H and O–H groups in total. The molecule has 2 heterocycles. The van der Waals surface area contributed by atoms with Gasteiger partial charge in [-0.15, -0.1) is 0 Å². The van der Waals surface area contributed by atoms with E-state index in [-0.39, 0.29) is 6.10 Å². The third kappa shape index (κ3) is 0.645. The number of nitrogens with two attached hydrogens (primary N) is 1. The minimum Gasteiger partial charge on any atom is -0.386 e. The van der Waals surface area contributed by atoms with Crippen LogP contribution in [0.3, 0.4) is 0 Å². The summed E-state index contributed by atoms with van der Waals surface area (Å²) < 4.78 is 10.4. The van der Waals surface area contributed by atoms with Crippen molar-refractivity contribution in [3.05, 3.63) is 0 Å². The van der Waals surface area contributed by atoms with Crippen molar-refractivity contribution in [1.82, 2.24) is 0 Å². The molecule has 4 nitrogen and oxygen atoms in total. The molecule has 4 heteroatoms. The summed E-state index contributed by atoms with van der Waals surface area (Å²) in [4.78, 5) is 0. The van der Waals surface area contributed by atoms with Crippen molar-refractivity contribution in [3.63, 3.8) is 0 Å². The Morgan fingerprint density at radius 1 is 1.60 bits per heavy atom. The van der Waals surface area contributed by atoms with E-state index < -0.39 is 11.8 Å². The van der Waals surface area contributed by atoms with Gasteiger partial charge in [0.25, 0.3) is 0 Å². The first kappa shape index (κ1) is 6.54. The van der Waals surface area contributed by atoms with E-state index in [4.69, 9.17) is 15.2 Å². The highest BCUT2D eigenvalue weighted by molar-refractivity contribution is 4.99. The van der Waals surface area contributed by atoms with Crippen LogP contribution in [0.15, 0.2) is 0 Å². The van der Waals surface area contributed by atoms with E-state index in [1.165, 1.54) is 0 Å². The van der Waals surface area contributed by atoms with Gasteiger partial charge in [0.15, 0.2) is 5.72 Å². The molecule has 0 saturated carbocycles. The van der Waals surface area contributed by atoms with Gasteiger partial charge < -0.3 is 14.6 Å². The quantitative estimate of drug-likeness (QED) is 0.450. The first-order valence-corrected chi connectivity index (χ1v) is 3.46. The predicted molar refractivity (Wildman–Crippen MR) is 33.2 cm³/mol. The molecule has 3 atom stereocenters. The molecule has 0 radical (unpaired) electrons. The van der Waals surface area contributed by atoms with Crippen LogP contribution in [-0.4, -0.2) is 36.3 Å². The van der Waals surface area contributed by atoms with Crippen LogP contribution in [0.2, 0.25) is 0 Å². The van der Waals surface area contributed by atoms with Crippen molar-refractivity contribution in [2.75, 3.05) is 13.2 Å². The van der Waals surface area contributed by atoms with Gasteiger partial charge in [-0.2, -0.15) is 0 Å². The topological polar surface area (TPSA) is 64.7 Å². The Bertz CT molecular complexity index is 152. The smallest absolute Gasteiger partial charge is 0.171 e. The number of aliphatic hydroxyl groups excluding tert-OH is 1. The van der Waals surface area contributed by atoms with Crippen LogP contribution in [0, 0.1) is 0 Å². The van der Waals surface area contributed by atoms with E-state index in [0.717, 1.165) is 6.42 Å². The van der Waals surface area contributed by atoms with Crippen LogP contribution in [-0.2, 0) is 9.47 Å². The molecule has 2 saturated heterocycles. The lowest BCUT2D eigenvalue weighted by Gasteiger charge is -2.23. The minimum absolute atomic E-state index is 0.0949. The van der Waals surface area contributed by atoms with E-state index in [1.807, 2.05) is 0 Å². The average molecular weight is 145 g/mol.